The SMILES string of the molecule is O=C(NCC1CC=CCC1)C(F)(F)F. The summed E-state index contributed by atoms with van der Waals surface area (Å²) in [6, 6.07) is 0. The largest absolute Gasteiger partial charge is 0.471 e. The van der Waals surface area contributed by atoms with E-state index in [0.717, 1.165) is 19.3 Å². The van der Waals surface area contributed by atoms with Crippen molar-refractivity contribution in [3.8, 4) is 0 Å². The number of allylic oxidation sites excluding steroid dienone is 2. The number of nitrogens with one attached hydrogen (secondary N) is 1. The van der Waals surface area contributed by atoms with Gasteiger partial charge in [0.2, 0.25) is 0 Å². The van der Waals surface area contributed by atoms with Crippen molar-refractivity contribution in [2.45, 2.75) is 25.4 Å². The number of carbonyl (C=O) groups excluding carboxylic acids is 1. The summed E-state index contributed by atoms with van der Waals surface area (Å²) in [5.74, 6) is -1.70. The van der Waals surface area contributed by atoms with E-state index < -0.39 is 12.1 Å². The number of hydrogen-bond donors (Lipinski definition) is 1. The molecule has 0 heterocycles. The molecule has 0 fully saturated rings. The number of halogens is 3. The summed E-state index contributed by atoms with van der Waals surface area (Å²) in [5, 5.41) is 1.89. The molecule has 0 saturated heterocycles. The molecule has 80 valence electrons. The van der Waals surface area contributed by atoms with Crippen LogP contribution in [0.2, 0.25) is 0 Å². The summed E-state index contributed by atoms with van der Waals surface area (Å²) >= 11 is 0. The average molecular weight is 207 g/mol. The maximum Gasteiger partial charge on any atom is 0.471 e. The van der Waals surface area contributed by atoms with Crippen molar-refractivity contribution in [3.05, 3.63) is 12.2 Å². The van der Waals surface area contributed by atoms with Gasteiger partial charge in [0.1, 0.15) is 0 Å². The van der Waals surface area contributed by atoms with Gasteiger partial charge in [-0.15, -0.1) is 0 Å². The van der Waals surface area contributed by atoms with Crippen molar-refractivity contribution < 1.29 is 18.0 Å². The minimum Gasteiger partial charge on any atom is -0.348 e. The number of amides is 1. The second kappa shape index (κ2) is 4.48. The zero-order valence-corrected chi connectivity index (χ0v) is 7.60. The molecule has 14 heavy (non-hydrogen) atoms. The highest BCUT2D eigenvalue weighted by Crippen LogP contribution is 2.18. The van der Waals surface area contributed by atoms with Crippen LogP contribution in [0.5, 0.6) is 0 Å². The van der Waals surface area contributed by atoms with Gasteiger partial charge in [-0.25, -0.2) is 0 Å². The lowest BCUT2D eigenvalue weighted by atomic mass is 9.94. The molecule has 0 saturated carbocycles. The van der Waals surface area contributed by atoms with Crippen molar-refractivity contribution in [3.63, 3.8) is 0 Å². The Labute approximate surface area is 80.2 Å². The first-order chi connectivity index (χ1) is 6.50. The van der Waals surface area contributed by atoms with E-state index >= 15 is 0 Å². The Kier molecular flexibility index (Phi) is 3.55. The Morgan fingerprint density at radius 3 is 2.64 bits per heavy atom. The minimum absolute atomic E-state index is 0.114. The fraction of sp³-hybridized carbons (Fsp3) is 0.667. The van der Waals surface area contributed by atoms with Crippen molar-refractivity contribution in [1.82, 2.24) is 5.32 Å². The summed E-state index contributed by atoms with van der Waals surface area (Å²) in [5.41, 5.74) is 0. The van der Waals surface area contributed by atoms with E-state index in [9.17, 15) is 18.0 Å². The summed E-state index contributed by atoms with van der Waals surface area (Å²) in [6.07, 6.45) is 1.65. The molecule has 0 radical (unpaired) electrons. The molecule has 1 N–H and O–H groups in total. The van der Waals surface area contributed by atoms with Crippen LogP contribution in [0.15, 0.2) is 12.2 Å². The molecular weight excluding hydrogens is 195 g/mol. The molecule has 0 aromatic rings. The molecule has 0 aromatic heterocycles. The van der Waals surface area contributed by atoms with Crippen LogP contribution >= 0.6 is 0 Å². The van der Waals surface area contributed by atoms with E-state index in [4.69, 9.17) is 0 Å². The minimum atomic E-state index is -4.76. The molecule has 1 rings (SSSR count). The lowest BCUT2D eigenvalue weighted by Crippen LogP contribution is -2.39. The second-order valence-corrected chi connectivity index (χ2v) is 3.36. The van der Waals surface area contributed by atoms with E-state index in [1.165, 1.54) is 0 Å². The van der Waals surface area contributed by atoms with Crippen LogP contribution in [0.4, 0.5) is 13.2 Å². The highest BCUT2D eigenvalue weighted by atomic mass is 19.4. The van der Waals surface area contributed by atoms with Crippen LogP contribution in [0.1, 0.15) is 19.3 Å². The summed E-state index contributed by atoms with van der Waals surface area (Å²) in [7, 11) is 0. The molecule has 1 atom stereocenters. The third-order valence-electron chi connectivity index (χ3n) is 2.19. The first kappa shape index (κ1) is 11.1. The van der Waals surface area contributed by atoms with Crippen molar-refractivity contribution in [2.24, 2.45) is 5.92 Å². The van der Waals surface area contributed by atoms with Gasteiger partial charge in [0.15, 0.2) is 0 Å². The lowest BCUT2D eigenvalue weighted by molar-refractivity contribution is -0.173. The quantitative estimate of drug-likeness (QED) is 0.689. The van der Waals surface area contributed by atoms with Gasteiger partial charge in [0, 0.05) is 6.54 Å². The van der Waals surface area contributed by atoms with Crippen molar-refractivity contribution >= 4 is 5.91 Å². The number of hydrogen-bond acceptors (Lipinski definition) is 1. The van der Waals surface area contributed by atoms with Gasteiger partial charge in [-0.05, 0) is 25.2 Å². The van der Waals surface area contributed by atoms with E-state index in [-0.39, 0.29) is 12.5 Å². The summed E-state index contributed by atoms with van der Waals surface area (Å²) < 4.78 is 35.3. The van der Waals surface area contributed by atoms with E-state index in [1.807, 2.05) is 17.5 Å². The Bertz CT molecular complexity index is 235. The maximum absolute atomic E-state index is 11.8. The second-order valence-electron chi connectivity index (χ2n) is 3.36. The zero-order chi connectivity index (χ0) is 10.6. The number of alkyl halides is 3. The van der Waals surface area contributed by atoms with Gasteiger partial charge in [-0.3, -0.25) is 4.79 Å². The molecule has 0 aliphatic heterocycles. The average Bonchev–Trinajstić information content (AvgIpc) is 2.14. The Balaban J connectivity index is 2.26. The van der Waals surface area contributed by atoms with Gasteiger partial charge in [-0.2, -0.15) is 13.2 Å². The van der Waals surface area contributed by atoms with Crippen LogP contribution < -0.4 is 5.32 Å². The molecule has 1 amide bonds. The normalized spacial score (nSPS) is 22.1. The van der Waals surface area contributed by atoms with Gasteiger partial charge in [0.25, 0.3) is 0 Å². The van der Waals surface area contributed by atoms with Crippen molar-refractivity contribution in [2.75, 3.05) is 6.54 Å². The fourth-order valence-electron chi connectivity index (χ4n) is 1.38. The standard InChI is InChI=1S/C9H12F3NO/c10-9(11,12)8(14)13-6-7-4-2-1-3-5-7/h1-2,7H,3-6H2,(H,13,14). The molecule has 2 nitrogen and oxygen atoms in total. The molecule has 1 unspecified atom stereocenters. The van der Waals surface area contributed by atoms with Gasteiger partial charge in [0.05, 0.1) is 0 Å². The highest BCUT2D eigenvalue weighted by Gasteiger charge is 2.38. The molecule has 0 spiro atoms. The Morgan fingerprint density at radius 2 is 2.14 bits per heavy atom. The van der Waals surface area contributed by atoms with Crippen LogP contribution in [0.25, 0.3) is 0 Å². The smallest absolute Gasteiger partial charge is 0.348 e. The fourth-order valence-corrected chi connectivity index (χ4v) is 1.38. The summed E-state index contributed by atoms with van der Waals surface area (Å²) in [6.45, 7) is 0.114. The molecule has 1 aliphatic rings. The molecule has 0 aromatic carbocycles. The van der Waals surface area contributed by atoms with Crippen molar-refractivity contribution in [1.29, 1.82) is 0 Å². The molecule has 0 bridgehead atoms. The molecule has 5 heteroatoms. The predicted octanol–water partition coefficient (Wildman–Crippen LogP) is 2.02. The van der Waals surface area contributed by atoms with Gasteiger partial charge < -0.3 is 5.32 Å². The van der Waals surface area contributed by atoms with Crippen LogP contribution in [0, 0.1) is 5.92 Å². The van der Waals surface area contributed by atoms with Crippen LogP contribution in [-0.2, 0) is 4.79 Å². The monoisotopic (exact) mass is 207 g/mol. The zero-order valence-electron chi connectivity index (χ0n) is 7.60. The summed E-state index contributed by atoms with van der Waals surface area (Å²) in [4.78, 5) is 10.5. The van der Waals surface area contributed by atoms with Gasteiger partial charge in [-0.1, -0.05) is 12.2 Å². The Morgan fingerprint density at radius 1 is 1.43 bits per heavy atom. The van der Waals surface area contributed by atoms with Crippen LogP contribution in [-0.4, -0.2) is 18.6 Å². The third-order valence-corrected chi connectivity index (χ3v) is 2.19. The first-order valence-corrected chi connectivity index (χ1v) is 4.50. The van der Waals surface area contributed by atoms with Crippen LogP contribution in [0.3, 0.4) is 0 Å². The number of carbonyl (C=O) groups is 1. The highest BCUT2D eigenvalue weighted by molar-refractivity contribution is 5.81. The maximum atomic E-state index is 11.8. The third kappa shape index (κ3) is 3.40. The first-order valence-electron chi connectivity index (χ1n) is 4.50. The topological polar surface area (TPSA) is 29.1 Å². The number of rotatable bonds is 2. The van der Waals surface area contributed by atoms with E-state index in [0.29, 0.717) is 0 Å². The molecule has 1 aliphatic carbocycles. The predicted molar refractivity (Wildman–Crippen MR) is 45.5 cm³/mol. The Hall–Kier alpha value is -1.00. The lowest BCUT2D eigenvalue weighted by Gasteiger charge is -2.18. The molecular formula is C9H12F3NO. The van der Waals surface area contributed by atoms with E-state index in [1.54, 1.807) is 0 Å². The van der Waals surface area contributed by atoms with E-state index in [2.05, 4.69) is 0 Å². The van der Waals surface area contributed by atoms with Gasteiger partial charge >= 0.3 is 12.1 Å².